The van der Waals surface area contributed by atoms with E-state index in [1.807, 2.05) is 61.7 Å². The molecule has 2 N–H and O–H groups in total. The van der Waals surface area contributed by atoms with Gasteiger partial charge in [0, 0.05) is 24.6 Å². The fourth-order valence-electron chi connectivity index (χ4n) is 5.65. The van der Waals surface area contributed by atoms with Gasteiger partial charge in [-0.3, -0.25) is 4.57 Å². The number of anilines is 2. The van der Waals surface area contributed by atoms with Gasteiger partial charge < -0.3 is 24.8 Å². The van der Waals surface area contributed by atoms with E-state index in [4.69, 9.17) is 24.9 Å². The zero-order valence-electron chi connectivity index (χ0n) is 23.2. The smallest absolute Gasteiger partial charge is 0.147 e. The van der Waals surface area contributed by atoms with Gasteiger partial charge in [0.05, 0.1) is 36.8 Å². The number of benzene rings is 2. The van der Waals surface area contributed by atoms with Gasteiger partial charge in [0.1, 0.15) is 41.2 Å². The maximum Gasteiger partial charge on any atom is 0.147 e. The molecule has 8 nitrogen and oxygen atoms in total. The van der Waals surface area contributed by atoms with Gasteiger partial charge in [-0.1, -0.05) is 18.2 Å². The Kier molecular flexibility index (Phi) is 7.36. The molecule has 1 fully saturated rings. The van der Waals surface area contributed by atoms with Crippen molar-refractivity contribution < 1.29 is 14.2 Å². The van der Waals surface area contributed by atoms with Crippen LogP contribution in [0.25, 0.3) is 16.7 Å². The maximum absolute atomic E-state index is 10.1. The molecule has 8 heteroatoms. The van der Waals surface area contributed by atoms with E-state index in [0.717, 1.165) is 70.0 Å². The van der Waals surface area contributed by atoms with Crippen LogP contribution in [0.4, 0.5) is 11.5 Å². The second-order valence-corrected chi connectivity index (χ2v) is 10.1. The SMILES string of the molecule is COC[C@@H]1CCCN1c1cc2c(C#N)c(N)n(-c3c(C)ccc(OCc4ccc(OC)cc4)c3C)c2nc1C. The minimum Gasteiger partial charge on any atom is -0.497 e. The molecule has 1 aliphatic rings. The average molecular weight is 526 g/mol. The van der Waals surface area contributed by atoms with Crippen LogP contribution < -0.4 is 20.1 Å². The summed E-state index contributed by atoms with van der Waals surface area (Å²) in [6, 6.07) is 16.5. The number of hydrogen-bond acceptors (Lipinski definition) is 7. The Hall–Kier alpha value is -4.22. The first-order chi connectivity index (χ1) is 18.9. The lowest BCUT2D eigenvalue weighted by molar-refractivity contribution is 0.181. The Labute approximate surface area is 229 Å². The van der Waals surface area contributed by atoms with Crippen LogP contribution in [0.2, 0.25) is 0 Å². The predicted molar refractivity (Wildman–Crippen MR) is 154 cm³/mol. The summed E-state index contributed by atoms with van der Waals surface area (Å²) in [5.74, 6) is 1.93. The van der Waals surface area contributed by atoms with Crippen LogP contribution in [0.3, 0.4) is 0 Å². The van der Waals surface area contributed by atoms with Crippen molar-refractivity contribution in [2.24, 2.45) is 0 Å². The topological polar surface area (TPSA) is 98.6 Å². The number of ether oxygens (including phenoxy) is 3. The fraction of sp³-hybridized carbons (Fsp3) is 0.355. The Morgan fingerprint density at radius 3 is 2.56 bits per heavy atom. The Balaban J connectivity index is 1.58. The standard InChI is InChI=1S/C31H35N5O3/c1-19-8-13-28(39-17-22-9-11-24(38-5)12-10-22)20(2)29(19)36-30(33)26(16-32)25-15-27(21(3)34-31(25)36)35-14-6-7-23(35)18-37-4/h8-13,15,23H,6-7,14,17-18,33H2,1-5H3/t23-/m0/s1. The summed E-state index contributed by atoms with van der Waals surface area (Å²) in [6.07, 6.45) is 2.17. The number of rotatable bonds is 8. The van der Waals surface area contributed by atoms with E-state index in [-0.39, 0.29) is 0 Å². The monoisotopic (exact) mass is 525 g/mol. The van der Waals surface area contributed by atoms with E-state index >= 15 is 0 Å². The summed E-state index contributed by atoms with van der Waals surface area (Å²) in [4.78, 5) is 7.39. The Morgan fingerprint density at radius 1 is 1.10 bits per heavy atom. The lowest BCUT2D eigenvalue weighted by atomic mass is 10.1. The highest BCUT2D eigenvalue weighted by Crippen LogP contribution is 2.39. The molecule has 1 saturated heterocycles. The van der Waals surface area contributed by atoms with E-state index < -0.39 is 0 Å². The van der Waals surface area contributed by atoms with Crippen LogP contribution >= 0.6 is 0 Å². The molecule has 2 aromatic heterocycles. The normalized spacial score (nSPS) is 15.1. The van der Waals surface area contributed by atoms with E-state index in [1.165, 1.54) is 0 Å². The van der Waals surface area contributed by atoms with Gasteiger partial charge in [0.25, 0.3) is 0 Å². The molecule has 0 unspecified atom stereocenters. The quantitative estimate of drug-likeness (QED) is 0.319. The van der Waals surface area contributed by atoms with Gasteiger partial charge in [-0.2, -0.15) is 5.26 Å². The van der Waals surface area contributed by atoms with Crippen molar-refractivity contribution in [1.82, 2.24) is 9.55 Å². The molecule has 2 aromatic carbocycles. The average Bonchev–Trinajstić information content (AvgIpc) is 3.50. The number of nitrogens with zero attached hydrogens (tertiary/aromatic N) is 4. The van der Waals surface area contributed by atoms with Crippen LogP contribution in [0.5, 0.6) is 11.5 Å². The summed E-state index contributed by atoms with van der Waals surface area (Å²) in [7, 11) is 3.39. The molecule has 1 aliphatic heterocycles. The van der Waals surface area contributed by atoms with Crippen LogP contribution in [0.15, 0.2) is 42.5 Å². The maximum atomic E-state index is 10.1. The molecule has 0 bridgehead atoms. The molecular formula is C31H35N5O3. The molecule has 39 heavy (non-hydrogen) atoms. The second kappa shape index (κ2) is 10.9. The Bertz CT molecular complexity index is 1550. The van der Waals surface area contributed by atoms with Gasteiger partial charge in [-0.15, -0.1) is 0 Å². The van der Waals surface area contributed by atoms with Crippen molar-refractivity contribution in [2.45, 2.75) is 46.3 Å². The lowest BCUT2D eigenvalue weighted by Gasteiger charge is -2.27. The van der Waals surface area contributed by atoms with Crippen molar-refractivity contribution in [1.29, 1.82) is 5.26 Å². The molecular weight excluding hydrogens is 490 g/mol. The predicted octanol–water partition coefficient (Wildman–Crippen LogP) is 5.61. The van der Waals surface area contributed by atoms with Gasteiger partial charge in [0.2, 0.25) is 0 Å². The highest BCUT2D eigenvalue weighted by Gasteiger charge is 2.28. The molecule has 0 saturated carbocycles. The first-order valence-electron chi connectivity index (χ1n) is 13.2. The number of methoxy groups -OCH3 is 2. The highest BCUT2D eigenvalue weighted by molar-refractivity contribution is 5.94. The van der Waals surface area contributed by atoms with Crippen LogP contribution in [-0.2, 0) is 11.3 Å². The van der Waals surface area contributed by atoms with Crippen molar-refractivity contribution in [3.8, 4) is 23.3 Å². The number of fused-ring (bicyclic) bond motifs is 1. The number of aryl methyl sites for hydroxylation is 2. The minimum atomic E-state index is 0.293. The first kappa shape index (κ1) is 26.4. The van der Waals surface area contributed by atoms with Crippen LogP contribution in [-0.4, -0.2) is 43.0 Å². The molecule has 0 aliphatic carbocycles. The summed E-state index contributed by atoms with van der Waals surface area (Å²) >= 11 is 0. The number of aromatic nitrogens is 2. The van der Waals surface area contributed by atoms with Crippen molar-refractivity contribution in [2.75, 3.05) is 38.0 Å². The fourth-order valence-corrected chi connectivity index (χ4v) is 5.65. The third kappa shape index (κ3) is 4.75. The number of pyridine rings is 1. The third-order valence-corrected chi connectivity index (χ3v) is 7.66. The van der Waals surface area contributed by atoms with Gasteiger partial charge in [-0.05, 0) is 69.0 Å². The highest BCUT2D eigenvalue weighted by atomic mass is 16.5. The van der Waals surface area contributed by atoms with Gasteiger partial charge in [-0.25, -0.2) is 4.98 Å². The summed E-state index contributed by atoms with van der Waals surface area (Å²) in [5.41, 5.74) is 13.6. The number of nitriles is 1. The van der Waals surface area contributed by atoms with Gasteiger partial charge >= 0.3 is 0 Å². The summed E-state index contributed by atoms with van der Waals surface area (Å²) in [6.45, 7) is 8.08. The van der Waals surface area contributed by atoms with Crippen LogP contribution in [0, 0.1) is 32.1 Å². The van der Waals surface area contributed by atoms with Crippen molar-refractivity contribution >= 4 is 22.5 Å². The zero-order chi connectivity index (χ0) is 27.7. The molecule has 4 aromatic rings. The van der Waals surface area contributed by atoms with E-state index in [2.05, 4.69) is 17.0 Å². The lowest BCUT2D eigenvalue weighted by Crippen LogP contribution is -2.33. The molecule has 1 atom stereocenters. The van der Waals surface area contributed by atoms with Crippen molar-refractivity contribution in [3.05, 3.63) is 70.4 Å². The third-order valence-electron chi connectivity index (χ3n) is 7.66. The van der Waals surface area contributed by atoms with Crippen molar-refractivity contribution in [3.63, 3.8) is 0 Å². The van der Waals surface area contributed by atoms with E-state index in [1.54, 1.807) is 14.2 Å². The minimum absolute atomic E-state index is 0.293. The largest absolute Gasteiger partial charge is 0.497 e. The molecule has 202 valence electrons. The van der Waals surface area contributed by atoms with Crippen LogP contribution in [0.1, 0.15) is 40.8 Å². The zero-order valence-corrected chi connectivity index (χ0v) is 23.2. The van der Waals surface area contributed by atoms with Gasteiger partial charge in [0.15, 0.2) is 0 Å². The molecule has 5 rings (SSSR count). The Morgan fingerprint density at radius 2 is 1.87 bits per heavy atom. The van der Waals surface area contributed by atoms with E-state index in [0.29, 0.717) is 36.3 Å². The number of nitrogens with two attached hydrogens (primary N) is 1. The molecule has 0 spiro atoms. The molecule has 3 heterocycles. The molecule has 0 amide bonds. The first-order valence-corrected chi connectivity index (χ1v) is 13.2. The summed E-state index contributed by atoms with van der Waals surface area (Å²) < 4.78 is 18.9. The van der Waals surface area contributed by atoms with E-state index in [9.17, 15) is 5.26 Å². The number of hydrogen-bond donors (Lipinski definition) is 1. The summed E-state index contributed by atoms with van der Waals surface area (Å²) in [5, 5.41) is 10.9. The molecule has 0 radical (unpaired) electrons. The second-order valence-electron chi connectivity index (χ2n) is 10.1. The number of nitrogen functional groups attached to an aromatic ring is 1.